The number of hydrogen-bond acceptors (Lipinski definition) is 3. The summed E-state index contributed by atoms with van der Waals surface area (Å²) in [5.74, 6) is 0.826. The summed E-state index contributed by atoms with van der Waals surface area (Å²) in [5.41, 5.74) is 8.04. The Labute approximate surface area is 109 Å². The van der Waals surface area contributed by atoms with Crippen molar-refractivity contribution in [3.63, 3.8) is 0 Å². The smallest absolute Gasteiger partial charge is 0.225 e. The number of aryl methyl sites for hydroxylation is 1. The Morgan fingerprint density at radius 1 is 1.44 bits per heavy atom. The molecule has 0 heterocycles. The Bertz CT molecular complexity index is 414. The van der Waals surface area contributed by atoms with E-state index in [1.165, 1.54) is 0 Å². The number of hydrogen-bond donors (Lipinski definition) is 1. The molecule has 1 atom stereocenters. The molecule has 1 aromatic rings. The van der Waals surface area contributed by atoms with Crippen LogP contribution in [0.2, 0.25) is 0 Å². The molecule has 4 nitrogen and oxygen atoms in total. The van der Waals surface area contributed by atoms with Gasteiger partial charge in [0.05, 0.1) is 13.0 Å². The second kappa shape index (κ2) is 6.40. The predicted octanol–water partition coefficient (Wildman–Crippen LogP) is 1.87. The summed E-state index contributed by atoms with van der Waals surface area (Å²) in [6.07, 6.45) is 0.374. The number of nitrogens with two attached hydrogens (primary N) is 1. The molecule has 0 aliphatic rings. The van der Waals surface area contributed by atoms with Crippen molar-refractivity contribution in [3.05, 3.63) is 29.3 Å². The monoisotopic (exact) mass is 250 g/mol. The largest absolute Gasteiger partial charge is 0.493 e. The number of carbonyl (C=O) groups excluding carboxylic acids is 1. The molecule has 1 amide bonds. The lowest BCUT2D eigenvalue weighted by Gasteiger charge is -2.15. The van der Waals surface area contributed by atoms with Gasteiger partial charge in [-0.15, -0.1) is 0 Å². The third-order valence-electron chi connectivity index (χ3n) is 2.73. The third kappa shape index (κ3) is 4.04. The van der Waals surface area contributed by atoms with Crippen LogP contribution in [0.3, 0.4) is 0 Å². The average molecular weight is 250 g/mol. The lowest BCUT2D eigenvalue weighted by molar-refractivity contribution is -0.129. The molecule has 0 fully saturated rings. The highest BCUT2D eigenvalue weighted by atomic mass is 16.5. The summed E-state index contributed by atoms with van der Waals surface area (Å²) in [6, 6.07) is 5.83. The summed E-state index contributed by atoms with van der Waals surface area (Å²) in [4.78, 5) is 13.0. The number of ether oxygens (including phenoxy) is 1. The maximum absolute atomic E-state index is 11.4. The Morgan fingerprint density at radius 2 is 2.11 bits per heavy atom. The van der Waals surface area contributed by atoms with E-state index in [1.54, 1.807) is 19.0 Å². The lowest BCUT2D eigenvalue weighted by atomic mass is 10.1. The fraction of sp³-hybridized carbons (Fsp3) is 0.500. The van der Waals surface area contributed by atoms with Crippen molar-refractivity contribution in [3.8, 4) is 5.75 Å². The van der Waals surface area contributed by atoms with Crippen LogP contribution in [0.25, 0.3) is 0 Å². The number of nitrogens with zero attached hydrogens (tertiary/aromatic N) is 1. The average Bonchev–Trinajstić information content (AvgIpc) is 2.30. The molecule has 0 saturated heterocycles. The minimum Gasteiger partial charge on any atom is -0.493 e. The highest BCUT2D eigenvalue weighted by Crippen LogP contribution is 2.25. The van der Waals surface area contributed by atoms with Gasteiger partial charge in [0.2, 0.25) is 5.91 Å². The number of amides is 1. The molecule has 18 heavy (non-hydrogen) atoms. The van der Waals surface area contributed by atoms with Gasteiger partial charge in [-0.1, -0.05) is 17.7 Å². The van der Waals surface area contributed by atoms with Gasteiger partial charge in [0.25, 0.3) is 0 Å². The maximum atomic E-state index is 11.4. The van der Waals surface area contributed by atoms with Crippen molar-refractivity contribution < 1.29 is 9.53 Å². The van der Waals surface area contributed by atoms with E-state index in [2.05, 4.69) is 0 Å². The van der Waals surface area contributed by atoms with Crippen LogP contribution in [0, 0.1) is 6.92 Å². The maximum Gasteiger partial charge on any atom is 0.225 e. The van der Waals surface area contributed by atoms with Gasteiger partial charge in [0, 0.05) is 25.7 Å². The van der Waals surface area contributed by atoms with Gasteiger partial charge in [-0.25, -0.2) is 0 Å². The molecule has 4 heteroatoms. The van der Waals surface area contributed by atoms with Crippen LogP contribution < -0.4 is 10.5 Å². The van der Waals surface area contributed by atoms with E-state index in [0.717, 1.165) is 16.9 Å². The highest BCUT2D eigenvalue weighted by Gasteiger charge is 2.10. The van der Waals surface area contributed by atoms with Crippen LogP contribution >= 0.6 is 0 Å². The lowest BCUT2D eigenvalue weighted by Crippen LogP contribution is -2.23. The molecule has 0 radical (unpaired) electrons. The fourth-order valence-corrected chi connectivity index (χ4v) is 1.63. The Hall–Kier alpha value is -1.55. The van der Waals surface area contributed by atoms with E-state index < -0.39 is 0 Å². The Balaban J connectivity index is 2.65. The van der Waals surface area contributed by atoms with Crippen molar-refractivity contribution in [2.75, 3.05) is 20.7 Å². The topological polar surface area (TPSA) is 55.6 Å². The second-order valence-electron chi connectivity index (χ2n) is 4.72. The van der Waals surface area contributed by atoms with Gasteiger partial charge < -0.3 is 15.4 Å². The van der Waals surface area contributed by atoms with Crippen molar-refractivity contribution in [1.29, 1.82) is 0 Å². The van der Waals surface area contributed by atoms with E-state index in [0.29, 0.717) is 13.0 Å². The van der Waals surface area contributed by atoms with E-state index in [9.17, 15) is 4.79 Å². The summed E-state index contributed by atoms with van der Waals surface area (Å²) in [5, 5.41) is 0. The summed E-state index contributed by atoms with van der Waals surface area (Å²) in [6.45, 7) is 4.32. The van der Waals surface area contributed by atoms with Crippen molar-refractivity contribution in [2.45, 2.75) is 26.3 Å². The molecular formula is C14H22N2O2. The molecule has 100 valence electrons. The minimum atomic E-state index is -0.0792. The van der Waals surface area contributed by atoms with Gasteiger partial charge >= 0.3 is 0 Å². The summed E-state index contributed by atoms with van der Waals surface area (Å²) >= 11 is 0. The molecule has 1 unspecified atom stereocenters. The number of carbonyl (C=O) groups is 1. The minimum absolute atomic E-state index is 0.0597. The van der Waals surface area contributed by atoms with Gasteiger partial charge in [0.15, 0.2) is 0 Å². The first-order valence-electron chi connectivity index (χ1n) is 6.11. The van der Waals surface area contributed by atoms with E-state index >= 15 is 0 Å². The SMILES string of the molecule is Cc1ccc(OCCC(=O)N(C)C)c(C(C)N)c1. The Morgan fingerprint density at radius 3 is 2.67 bits per heavy atom. The number of benzene rings is 1. The van der Waals surface area contributed by atoms with Crippen LogP contribution in [0.5, 0.6) is 5.75 Å². The molecule has 0 aromatic heterocycles. The van der Waals surface area contributed by atoms with Crippen LogP contribution in [-0.2, 0) is 4.79 Å². The van der Waals surface area contributed by atoms with Crippen molar-refractivity contribution >= 4 is 5.91 Å². The Kier molecular flexibility index (Phi) is 5.16. The highest BCUT2D eigenvalue weighted by molar-refractivity contribution is 5.75. The molecule has 0 aliphatic carbocycles. The standard InChI is InChI=1S/C14H22N2O2/c1-10-5-6-13(12(9-10)11(2)15)18-8-7-14(17)16(3)4/h5-6,9,11H,7-8,15H2,1-4H3. The second-order valence-corrected chi connectivity index (χ2v) is 4.72. The first kappa shape index (κ1) is 14.5. The van der Waals surface area contributed by atoms with Gasteiger partial charge in [0.1, 0.15) is 5.75 Å². The van der Waals surface area contributed by atoms with Gasteiger partial charge in [-0.3, -0.25) is 4.79 Å². The molecule has 1 aromatic carbocycles. The zero-order chi connectivity index (χ0) is 13.7. The first-order valence-corrected chi connectivity index (χ1v) is 6.11. The van der Waals surface area contributed by atoms with E-state index in [4.69, 9.17) is 10.5 Å². The summed E-state index contributed by atoms with van der Waals surface area (Å²) in [7, 11) is 3.48. The van der Waals surface area contributed by atoms with Crippen LogP contribution in [0.4, 0.5) is 0 Å². The van der Waals surface area contributed by atoms with Gasteiger partial charge in [-0.05, 0) is 19.9 Å². The number of rotatable bonds is 5. The molecule has 0 saturated carbocycles. The van der Waals surface area contributed by atoms with E-state index in [1.807, 2.05) is 32.0 Å². The van der Waals surface area contributed by atoms with Crippen LogP contribution in [-0.4, -0.2) is 31.5 Å². The quantitative estimate of drug-likeness (QED) is 0.868. The molecule has 0 aliphatic heterocycles. The first-order chi connectivity index (χ1) is 8.41. The fourth-order valence-electron chi connectivity index (χ4n) is 1.63. The van der Waals surface area contributed by atoms with Crippen molar-refractivity contribution in [2.24, 2.45) is 5.73 Å². The van der Waals surface area contributed by atoms with E-state index in [-0.39, 0.29) is 11.9 Å². The molecule has 1 rings (SSSR count). The zero-order valence-electron chi connectivity index (χ0n) is 11.6. The van der Waals surface area contributed by atoms with Crippen molar-refractivity contribution in [1.82, 2.24) is 4.90 Å². The summed E-state index contributed by atoms with van der Waals surface area (Å²) < 4.78 is 5.65. The molecule has 0 spiro atoms. The molecular weight excluding hydrogens is 228 g/mol. The molecule has 0 bridgehead atoms. The molecule has 2 N–H and O–H groups in total. The zero-order valence-corrected chi connectivity index (χ0v) is 11.6. The predicted molar refractivity (Wildman–Crippen MR) is 72.6 cm³/mol. The normalized spacial score (nSPS) is 12.1. The van der Waals surface area contributed by atoms with Crippen LogP contribution in [0.1, 0.15) is 30.5 Å². The third-order valence-corrected chi connectivity index (χ3v) is 2.73. The van der Waals surface area contributed by atoms with Gasteiger partial charge in [-0.2, -0.15) is 0 Å². The van der Waals surface area contributed by atoms with Crippen LogP contribution in [0.15, 0.2) is 18.2 Å².